The first kappa shape index (κ1) is 16.1. The Kier molecular flexibility index (Phi) is 3.78. The van der Waals surface area contributed by atoms with E-state index in [0.29, 0.717) is 5.92 Å². The van der Waals surface area contributed by atoms with Crippen molar-refractivity contribution in [2.45, 2.75) is 39.7 Å². The predicted octanol–water partition coefficient (Wildman–Crippen LogP) is 4.32. The van der Waals surface area contributed by atoms with Gasteiger partial charge < -0.3 is 4.74 Å². The van der Waals surface area contributed by atoms with Crippen LogP contribution in [0.5, 0.6) is 0 Å². The van der Waals surface area contributed by atoms with Crippen molar-refractivity contribution in [1.29, 1.82) is 0 Å². The zero-order chi connectivity index (χ0) is 17.6. The Balaban J connectivity index is 1.69. The number of hydrogen-bond donors (Lipinski definition) is 1. The Hall–Kier alpha value is -2.36. The molecule has 2 aliphatic carbocycles. The molecule has 1 aromatic rings. The molecule has 1 saturated heterocycles. The summed E-state index contributed by atoms with van der Waals surface area (Å²) in [5.74, 6) is 0.221. The van der Waals surface area contributed by atoms with Crippen LogP contribution in [0.15, 0.2) is 58.7 Å². The molecule has 3 aliphatic rings. The van der Waals surface area contributed by atoms with Crippen molar-refractivity contribution in [2.75, 3.05) is 5.43 Å². The zero-order valence-corrected chi connectivity index (χ0v) is 15.0. The minimum absolute atomic E-state index is 0.0106. The minimum Gasteiger partial charge on any atom is -0.457 e. The standard InChI is InChI=1S/C21H24N2O2/c1-13-16-9-11-21(3)12-10-17(23-22-15-7-5-4-6-8-15)14(2)18(21)19(16)25-20(13)24/h4-8,10,12-13,16,19,22H,9,11H2,1-3H3/b23-17+/t13-,16-,19-,21-/m0/s1. The maximum absolute atomic E-state index is 12.1. The fourth-order valence-electron chi connectivity index (χ4n) is 4.46. The third-order valence-corrected chi connectivity index (χ3v) is 6.02. The van der Waals surface area contributed by atoms with Gasteiger partial charge in [0.1, 0.15) is 6.10 Å². The number of esters is 1. The first-order valence-electron chi connectivity index (χ1n) is 9.00. The van der Waals surface area contributed by atoms with Gasteiger partial charge in [-0.1, -0.05) is 38.1 Å². The fourth-order valence-corrected chi connectivity index (χ4v) is 4.46. The highest BCUT2D eigenvalue weighted by Crippen LogP contribution is 2.53. The second-order valence-electron chi connectivity index (χ2n) is 7.61. The molecule has 0 aromatic heterocycles. The van der Waals surface area contributed by atoms with Crippen LogP contribution in [0.2, 0.25) is 0 Å². The van der Waals surface area contributed by atoms with E-state index in [1.807, 2.05) is 37.3 Å². The molecular formula is C21H24N2O2. The molecule has 0 bridgehead atoms. The normalized spacial score (nSPS) is 35.4. The molecule has 4 atom stereocenters. The molecule has 4 nitrogen and oxygen atoms in total. The van der Waals surface area contributed by atoms with Gasteiger partial charge in [0.2, 0.25) is 0 Å². The van der Waals surface area contributed by atoms with Crippen molar-refractivity contribution in [3.63, 3.8) is 0 Å². The highest BCUT2D eigenvalue weighted by atomic mass is 16.6. The van der Waals surface area contributed by atoms with E-state index < -0.39 is 0 Å². The van der Waals surface area contributed by atoms with Gasteiger partial charge in [0, 0.05) is 11.3 Å². The van der Waals surface area contributed by atoms with E-state index in [1.165, 1.54) is 5.57 Å². The minimum atomic E-state index is -0.104. The second kappa shape index (κ2) is 5.87. The van der Waals surface area contributed by atoms with Gasteiger partial charge in [-0.2, -0.15) is 5.10 Å². The third-order valence-electron chi connectivity index (χ3n) is 6.02. The SMILES string of the molecule is CC1=C2[C@H]3OC(=O)[C@@H](C)[C@@H]3CC[C@@]2(C)C=C/C1=N\Nc1ccccc1. The maximum Gasteiger partial charge on any atom is 0.309 e. The average Bonchev–Trinajstić information content (AvgIpc) is 2.89. The summed E-state index contributed by atoms with van der Waals surface area (Å²) >= 11 is 0. The number of hydrazone groups is 1. The summed E-state index contributed by atoms with van der Waals surface area (Å²) in [5.41, 5.74) is 7.31. The van der Waals surface area contributed by atoms with E-state index in [1.54, 1.807) is 0 Å². The highest BCUT2D eigenvalue weighted by molar-refractivity contribution is 6.10. The number of allylic oxidation sites excluding steroid dienone is 3. The number of fused-ring (bicyclic) bond motifs is 3. The summed E-state index contributed by atoms with van der Waals surface area (Å²) in [7, 11) is 0. The summed E-state index contributed by atoms with van der Waals surface area (Å²) in [5, 5.41) is 4.59. The number of nitrogens with zero attached hydrogens (tertiary/aromatic N) is 1. The number of nitrogens with one attached hydrogen (secondary N) is 1. The van der Waals surface area contributed by atoms with Crippen LogP contribution in [-0.4, -0.2) is 17.8 Å². The monoisotopic (exact) mass is 336 g/mol. The molecule has 1 N–H and O–H groups in total. The third kappa shape index (κ3) is 2.60. The van der Waals surface area contributed by atoms with Crippen LogP contribution in [-0.2, 0) is 9.53 Å². The Bertz CT molecular complexity index is 793. The summed E-state index contributed by atoms with van der Waals surface area (Å²) < 4.78 is 5.79. The van der Waals surface area contributed by atoms with Crippen LogP contribution in [0.1, 0.15) is 33.6 Å². The number of para-hydroxylation sites is 1. The van der Waals surface area contributed by atoms with E-state index in [2.05, 4.69) is 36.5 Å². The molecular weight excluding hydrogens is 312 g/mol. The van der Waals surface area contributed by atoms with Crippen molar-refractivity contribution in [3.05, 3.63) is 53.6 Å². The predicted molar refractivity (Wildman–Crippen MR) is 99.2 cm³/mol. The van der Waals surface area contributed by atoms with Crippen molar-refractivity contribution >= 4 is 17.4 Å². The van der Waals surface area contributed by atoms with Gasteiger partial charge in [0.05, 0.1) is 17.3 Å². The Morgan fingerprint density at radius 2 is 2.04 bits per heavy atom. The van der Waals surface area contributed by atoms with E-state index in [-0.39, 0.29) is 23.4 Å². The molecule has 0 unspecified atom stereocenters. The number of carbonyl (C=O) groups is 1. The van der Waals surface area contributed by atoms with Gasteiger partial charge in [-0.3, -0.25) is 10.2 Å². The quantitative estimate of drug-likeness (QED) is 0.646. The Labute approximate surface area is 148 Å². The van der Waals surface area contributed by atoms with Crippen LogP contribution >= 0.6 is 0 Å². The Morgan fingerprint density at radius 1 is 1.28 bits per heavy atom. The lowest BCUT2D eigenvalue weighted by molar-refractivity contribution is -0.143. The molecule has 0 radical (unpaired) electrons. The molecule has 2 fully saturated rings. The molecule has 0 amide bonds. The zero-order valence-electron chi connectivity index (χ0n) is 15.0. The lowest BCUT2D eigenvalue weighted by Gasteiger charge is -2.43. The van der Waals surface area contributed by atoms with E-state index in [4.69, 9.17) is 4.74 Å². The molecule has 4 heteroatoms. The van der Waals surface area contributed by atoms with Crippen LogP contribution in [0.3, 0.4) is 0 Å². The first-order valence-corrected chi connectivity index (χ1v) is 9.00. The number of ether oxygens (including phenoxy) is 1. The van der Waals surface area contributed by atoms with Crippen molar-refractivity contribution in [3.8, 4) is 0 Å². The molecule has 25 heavy (non-hydrogen) atoms. The van der Waals surface area contributed by atoms with Crippen LogP contribution in [0.25, 0.3) is 0 Å². The van der Waals surface area contributed by atoms with E-state index in [0.717, 1.165) is 29.8 Å². The second-order valence-corrected chi connectivity index (χ2v) is 7.61. The van der Waals surface area contributed by atoms with Crippen molar-refractivity contribution < 1.29 is 9.53 Å². The summed E-state index contributed by atoms with van der Waals surface area (Å²) in [4.78, 5) is 12.1. The van der Waals surface area contributed by atoms with Gasteiger partial charge in [-0.15, -0.1) is 0 Å². The van der Waals surface area contributed by atoms with Gasteiger partial charge >= 0.3 is 5.97 Å². The van der Waals surface area contributed by atoms with Gasteiger partial charge in [0.25, 0.3) is 0 Å². The number of hydrogen-bond acceptors (Lipinski definition) is 4. The lowest BCUT2D eigenvalue weighted by Crippen LogP contribution is -2.40. The molecule has 1 saturated carbocycles. The van der Waals surface area contributed by atoms with Gasteiger partial charge in [-0.25, -0.2) is 0 Å². The lowest BCUT2D eigenvalue weighted by atomic mass is 9.61. The maximum atomic E-state index is 12.1. The van der Waals surface area contributed by atoms with Crippen molar-refractivity contribution in [1.82, 2.24) is 0 Å². The summed E-state index contributed by atoms with van der Waals surface area (Å²) in [6.45, 7) is 6.34. The number of benzene rings is 1. The largest absolute Gasteiger partial charge is 0.457 e. The van der Waals surface area contributed by atoms with Crippen LogP contribution < -0.4 is 5.43 Å². The molecule has 1 aromatic carbocycles. The fraction of sp³-hybridized carbons (Fsp3) is 0.429. The van der Waals surface area contributed by atoms with Crippen molar-refractivity contribution in [2.24, 2.45) is 22.4 Å². The molecule has 4 rings (SSSR count). The first-order chi connectivity index (χ1) is 12.0. The average molecular weight is 336 g/mol. The van der Waals surface area contributed by atoms with Crippen LogP contribution in [0, 0.1) is 17.3 Å². The Morgan fingerprint density at radius 3 is 2.80 bits per heavy atom. The topological polar surface area (TPSA) is 50.7 Å². The van der Waals surface area contributed by atoms with E-state index >= 15 is 0 Å². The number of anilines is 1. The molecule has 0 spiro atoms. The van der Waals surface area contributed by atoms with Gasteiger partial charge in [0.15, 0.2) is 0 Å². The number of rotatable bonds is 2. The molecule has 130 valence electrons. The van der Waals surface area contributed by atoms with E-state index in [9.17, 15) is 4.79 Å². The molecule has 1 heterocycles. The number of carbonyl (C=O) groups excluding carboxylic acids is 1. The summed E-state index contributed by atoms with van der Waals surface area (Å²) in [6.07, 6.45) is 6.30. The molecule has 1 aliphatic heterocycles. The van der Waals surface area contributed by atoms with Gasteiger partial charge in [-0.05, 0) is 49.1 Å². The highest BCUT2D eigenvalue weighted by Gasteiger charge is 2.52. The van der Waals surface area contributed by atoms with Crippen LogP contribution in [0.4, 0.5) is 5.69 Å². The summed E-state index contributed by atoms with van der Waals surface area (Å²) in [6, 6.07) is 9.91. The smallest absolute Gasteiger partial charge is 0.309 e.